The molecule has 3 aromatic rings. The second kappa shape index (κ2) is 9.76. The van der Waals surface area contributed by atoms with Gasteiger partial charge in [-0.15, -0.1) is 0 Å². The number of rotatable bonds is 5. The van der Waals surface area contributed by atoms with E-state index < -0.39 is 17.7 Å². The number of carbonyl (C=O) groups excluding carboxylic acids is 2. The molecule has 3 aromatic carbocycles. The molecule has 35 heavy (non-hydrogen) atoms. The van der Waals surface area contributed by atoms with Crippen LogP contribution in [0, 0.1) is 13.8 Å². The van der Waals surface area contributed by atoms with Gasteiger partial charge in [-0.2, -0.15) is 0 Å². The standard InChI is InChI=1S/C28H25Cl2NO4/c1-15(2)35-21-7-5-6-18(13-21)25-24(26(32)19-8-9-22(29)23(30)14-19)27(33)28(34)31(25)20-11-16(3)10-17(4)12-20/h5-15,25,32H,1-4H3/b26-24-. The second-order valence-electron chi connectivity index (χ2n) is 8.88. The molecule has 0 saturated carbocycles. The molecule has 0 bridgehead atoms. The van der Waals surface area contributed by atoms with Crippen molar-refractivity contribution >= 4 is 46.3 Å². The smallest absolute Gasteiger partial charge is 0.300 e. The molecule has 0 spiro atoms. The maximum Gasteiger partial charge on any atom is 0.300 e. The molecule has 1 aliphatic rings. The second-order valence-corrected chi connectivity index (χ2v) is 9.70. The van der Waals surface area contributed by atoms with Gasteiger partial charge in [0.2, 0.25) is 0 Å². The Balaban J connectivity index is 1.96. The van der Waals surface area contributed by atoms with Crippen molar-refractivity contribution in [1.82, 2.24) is 0 Å². The van der Waals surface area contributed by atoms with Gasteiger partial charge in [-0.25, -0.2) is 0 Å². The Morgan fingerprint density at radius 1 is 0.943 bits per heavy atom. The van der Waals surface area contributed by atoms with Gasteiger partial charge >= 0.3 is 0 Å². The lowest BCUT2D eigenvalue weighted by Gasteiger charge is -2.26. The highest BCUT2D eigenvalue weighted by molar-refractivity contribution is 6.51. The quantitative estimate of drug-likeness (QED) is 0.228. The molecule has 1 aliphatic heterocycles. The van der Waals surface area contributed by atoms with Gasteiger partial charge in [0.05, 0.1) is 27.8 Å². The van der Waals surface area contributed by atoms with Crippen molar-refractivity contribution in [2.45, 2.75) is 39.8 Å². The number of nitrogens with zero attached hydrogens (tertiary/aromatic N) is 1. The monoisotopic (exact) mass is 509 g/mol. The molecule has 0 aliphatic carbocycles. The van der Waals surface area contributed by atoms with Gasteiger partial charge in [0.25, 0.3) is 11.7 Å². The third-order valence-electron chi connectivity index (χ3n) is 5.67. The van der Waals surface area contributed by atoms with Crippen LogP contribution in [-0.4, -0.2) is 22.9 Å². The summed E-state index contributed by atoms with van der Waals surface area (Å²) in [6.07, 6.45) is -0.0627. The maximum atomic E-state index is 13.4. The zero-order valence-electron chi connectivity index (χ0n) is 19.8. The molecule has 7 heteroatoms. The summed E-state index contributed by atoms with van der Waals surface area (Å²) >= 11 is 12.2. The van der Waals surface area contributed by atoms with E-state index in [9.17, 15) is 14.7 Å². The molecule has 1 heterocycles. The normalized spacial score (nSPS) is 17.3. The molecule has 1 saturated heterocycles. The topological polar surface area (TPSA) is 66.8 Å². The number of aliphatic hydroxyl groups excluding tert-OH is 1. The number of amides is 1. The summed E-state index contributed by atoms with van der Waals surface area (Å²) in [4.78, 5) is 28.2. The van der Waals surface area contributed by atoms with Crippen LogP contribution in [0.3, 0.4) is 0 Å². The lowest BCUT2D eigenvalue weighted by Crippen LogP contribution is -2.29. The van der Waals surface area contributed by atoms with Gasteiger partial charge in [0.1, 0.15) is 11.5 Å². The molecule has 0 radical (unpaired) electrons. The van der Waals surface area contributed by atoms with Crippen LogP contribution in [0.5, 0.6) is 5.75 Å². The molecule has 1 atom stereocenters. The minimum Gasteiger partial charge on any atom is -0.507 e. The summed E-state index contributed by atoms with van der Waals surface area (Å²) in [7, 11) is 0. The minimum absolute atomic E-state index is 0.0331. The van der Waals surface area contributed by atoms with E-state index in [0.29, 0.717) is 22.0 Å². The molecule has 0 aromatic heterocycles. The summed E-state index contributed by atoms with van der Waals surface area (Å²) < 4.78 is 5.86. The Kier molecular flexibility index (Phi) is 6.93. The van der Waals surface area contributed by atoms with Crippen molar-refractivity contribution in [3.8, 4) is 5.75 Å². The Labute approximate surface area is 214 Å². The SMILES string of the molecule is Cc1cc(C)cc(N2C(=O)C(=O)/C(=C(\O)c3ccc(Cl)c(Cl)c3)C2c2cccc(OC(C)C)c2)c1. The van der Waals surface area contributed by atoms with Gasteiger partial charge in [-0.05, 0) is 86.8 Å². The lowest BCUT2D eigenvalue weighted by molar-refractivity contribution is -0.132. The molecule has 180 valence electrons. The van der Waals surface area contributed by atoms with Gasteiger partial charge in [-0.1, -0.05) is 41.4 Å². The third kappa shape index (κ3) is 4.93. The number of benzene rings is 3. The van der Waals surface area contributed by atoms with Gasteiger partial charge < -0.3 is 9.84 Å². The number of hydrogen-bond acceptors (Lipinski definition) is 4. The molecule has 4 rings (SSSR count). The first-order valence-electron chi connectivity index (χ1n) is 11.2. The first-order chi connectivity index (χ1) is 16.6. The Morgan fingerprint density at radius 3 is 2.26 bits per heavy atom. The van der Waals surface area contributed by atoms with E-state index >= 15 is 0 Å². The summed E-state index contributed by atoms with van der Waals surface area (Å²) in [5.41, 5.74) is 3.34. The molecule has 1 fully saturated rings. The van der Waals surface area contributed by atoms with Crippen LogP contribution in [0.4, 0.5) is 5.69 Å². The summed E-state index contributed by atoms with van der Waals surface area (Å²) in [5, 5.41) is 11.8. The molecular weight excluding hydrogens is 485 g/mol. The number of aryl methyl sites for hydroxylation is 2. The van der Waals surface area contributed by atoms with E-state index in [4.69, 9.17) is 27.9 Å². The van der Waals surface area contributed by atoms with Crippen LogP contribution < -0.4 is 9.64 Å². The van der Waals surface area contributed by atoms with E-state index in [2.05, 4.69) is 0 Å². The van der Waals surface area contributed by atoms with Crippen LogP contribution in [-0.2, 0) is 9.59 Å². The molecular formula is C28H25Cl2NO4. The van der Waals surface area contributed by atoms with Crippen LogP contribution in [0.2, 0.25) is 10.0 Å². The van der Waals surface area contributed by atoms with Crippen molar-refractivity contribution in [3.05, 3.63) is 98.5 Å². The van der Waals surface area contributed by atoms with Gasteiger partial charge in [0, 0.05) is 11.3 Å². The predicted octanol–water partition coefficient (Wildman–Crippen LogP) is 7.02. The molecule has 1 unspecified atom stereocenters. The average molecular weight is 510 g/mol. The van der Waals surface area contributed by atoms with E-state index in [-0.39, 0.29) is 28.0 Å². The number of ketones is 1. The fraction of sp³-hybridized carbons (Fsp3) is 0.214. The molecule has 5 nitrogen and oxygen atoms in total. The number of carbonyl (C=O) groups is 2. The van der Waals surface area contributed by atoms with Crippen LogP contribution in [0.15, 0.2) is 66.2 Å². The van der Waals surface area contributed by atoms with Crippen LogP contribution in [0.1, 0.15) is 42.1 Å². The predicted molar refractivity (Wildman–Crippen MR) is 139 cm³/mol. The van der Waals surface area contributed by atoms with E-state index in [1.54, 1.807) is 18.2 Å². The van der Waals surface area contributed by atoms with Crippen molar-refractivity contribution in [2.24, 2.45) is 0 Å². The molecule has 1 N–H and O–H groups in total. The highest BCUT2D eigenvalue weighted by Crippen LogP contribution is 2.43. The molecule has 1 amide bonds. The first-order valence-corrected chi connectivity index (χ1v) is 11.9. The van der Waals surface area contributed by atoms with E-state index in [0.717, 1.165) is 11.1 Å². The number of anilines is 1. The van der Waals surface area contributed by atoms with Crippen molar-refractivity contribution < 1.29 is 19.4 Å². The number of hydrogen-bond donors (Lipinski definition) is 1. The van der Waals surface area contributed by atoms with E-state index in [1.807, 2.05) is 58.0 Å². The fourth-order valence-corrected chi connectivity index (χ4v) is 4.63. The fourth-order valence-electron chi connectivity index (χ4n) is 4.33. The number of ether oxygens (including phenoxy) is 1. The van der Waals surface area contributed by atoms with Crippen LogP contribution in [0.25, 0.3) is 5.76 Å². The maximum absolute atomic E-state index is 13.4. The minimum atomic E-state index is -0.874. The van der Waals surface area contributed by atoms with Crippen molar-refractivity contribution in [3.63, 3.8) is 0 Å². The third-order valence-corrected chi connectivity index (χ3v) is 6.41. The number of Topliss-reactive ketones (excluding diaryl/α,β-unsaturated/α-hetero) is 1. The largest absolute Gasteiger partial charge is 0.507 e. The zero-order chi connectivity index (χ0) is 25.4. The average Bonchev–Trinajstić information content (AvgIpc) is 3.05. The summed E-state index contributed by atoms with van der Waals surface area (Å²) in [6.45, 7) is 7.68. The van der Waals surface area contributed by atoms with Crippen molar-refractivity contribution in [1.29, 1.82) is 0 Å². The Hall–Kier alpha value is -3.28. The Bertz CT molecular complexity index is 1340. The summed E-state index contributed by atoms with van der Waals surface area (Å²) in [5.74, 6) is -1.24. The zero-order valence-corrected chi connectivity index (χ0v) is 21.3. The van der Waals surface area contributed by atoms with Crippen LogP contribution >= 0.6 is 23.2 Å². The van der Waals surface area contributed by atoms with Gasteiger partial charge in [-0.3, -0.25) is 14.5 Å². The lowest BCUT2D eigenvalue weighted by atomic mass is 9.94. The highest BCUT2D eigenvalue weighted by atomic mass is 35.5. The van der Waals surface area contributed by atoms with E-state index in [1.165, 1.54) is 17.0 Å². The number of aliphatic hydroxyl groups is 1. The van der Waals surface area contributed by atoms with Crippen molar-refractivity contribution in [2.75, 3.05) is 4.90 Å². The number of halogens is 2. The van der Waals surface area contributed by atoms with Gasteiger partial charge in [0.15, 0.2) is 0 Å². The summed E-state index contributed by atoms with van der Waals surface area (Å²) in [6, 6.07) is 16.6. The highest BCUT2D eigenvalue weighted by Gasteiger charge is 2.47. The first kappa shape index (κ1) is 24.8. The Morgan fingerprint density at radius 2 is 1.63 bits per heavy atom.